The number of carbonyl (C=O) groups excluding carboxylic acids is 1. The molecule has 0 atom stereocenters. The molecule has 0 aliphatic heterocycles. The van der Waals surface area contributed by atoms with Gasteiger partial charge in [-0.25, -0.2) is 0 Å². The number of ether oxygens (including phenoxy) is 1. The second-order valence-corrected chi connectivity index (χ2v) is 5.77. The summed E-state index contributed by atoms with van der Waals surface area (Å²) >= 11 is 0. The molecule has 1 aliphatic carbocycles. The van der Waals surface area contributed by atoms with Crippen LogP contribution in [0.5, 0.6) is 5.75 Å². The fourth-order valence-electron chi connectivity index (χ4n) is 2.83. The fraction of sp³-hybridized carbons (Fsp3) is 0.316. The van der Waals surface area contributed by atoms with Crippen LogP contribution in [0.15, 0.2) is 36.4 Å². The summed E-state index contributed by atoms with van der Waals surface area (Å²) in [6.07, 6.45) is 2.52. The van der Waals surface area contributed by atoms with Crippen LogP contribution in [0.2, 0.25) is 0 Å². The van der Waals surface area contributed by atoms with Gasteiger partial charge >= 0.3 is 0 Å². The molecule has 3 rings (SSSR count). The summed E-state index contributed by atoms with van der Waals surface area (Å²) in [6.45, 7) is 4.77. The van der Waals surface area contributed by atoms with E-state index in [-0.39, 0.29) is 5.78 Å². The van der Waals surface area contributed by atoms with Gasteiger partial charge in [0.2, 0.25) is 0 Å². The Labute approximate surface area is 125 Å². The number of fused-ring (bicyclic) bond motifs is 1. The van der Waals surface area contributed by atoms with Gasteiger partial charge in [0.05, 0.1) is 0 Å². The number of benzene rings is 2. The monoisotopic (exact) mass is 280 g/mol. The summed E-state index contributed by atoms with van der Waals surface area (Å²) in [5.74, 6) is 1.10. The van der Waals surface area contributed by atoms with Crippen LogP contribution in [0, 0.1) is 13.8 Å². The number of Topliss-reactive ketones (excluding diaryl/α,β-unsaturated/α-hetero) is 1. The third-order valence-electron chi connectivity index (χ3n) is 4.23. The first kappa shape index (κ1) is 13.9. The standard InChI is InChI=1S/C19H20O2/c1-13-9-10-15(11-14(13)2)12-21-19-8-4-5-16-17(19)6-3-7-18(16)20/h4-5,8-11H,3,6-7,12H2,1-2H3. The molecular formula is C19H20O2. The predicted molar refractivity (Wildman–Crippen MR) is 84.0 cm³/mol. The average molecular weight is 280 g/mol. The third-order valence-corrected chi connectivity index (χ3v) is 4.23. The molecule has 1 aliphatic rings. The van der Waals surface area contributed by atoms with Gasteiger partial charge < -0.3 is 4.74 Å². The van der Waals surface area contributed by atoms with Crippen molar-refractivity contribution < 1.29 is 9.53 Å². The zero-order valence-corrected chi connectivity index (χ0v) is 12.6. The van der Waals surface area contributed by atoms with E-state index in [1.807, 2.05) is 18.2 Å². The quantitative estimate of drug-likeness (QED) is 0.833. The smallest absolute Gasteiger partial charge is 0.163 e. The molecule has 0 saturated carbocycles. The highest BCUT2D eigenvalue weighted by Crippen LogP contribution is 2.30. The van der Waals surface area contributed by atoms with Crippen LogP contribution < -0.4 is 4.74 Å². The number of ketones is 1. The maximum Gasteiger partial charge on any atom is 0.163 e. The van der Waals surface area contributed by atoms with Gasteiger partial charge in [-0.05, 0) is 49.4 Å². The molecule has 2 aromatic rings. The zero-order valence-electron chi connectivity index (χ0n) is 12.6. The van der Waals surface area contributed by atoms with Crippen LogP contribution in [0.4, 0.5) is 0 Å². The molecule has 0 bridgehead atoms. The number of hydrogen-bond acceptors (Lipinski definition) is 2. The minimum absolute atomic E-state index is 0.243. The maximum atomic E-state index is 11.9. The Kier molecular flexibility index (Phi) is 3.78. The maximum absolute atomic E-state index is 11.9. The van der Waals surface area contributed by atoms with E-state index in [1.165, 1.54) is 11.1 Å². The Balaban J connectivity index is 1.81. The first-order valence-electron chi connectivity index (χ1n) is 7.49. The first-order valence-corrected chi connectivity index (χ1v) is 7.49. The minimum atomic E-state index is 0.243. The molecule has 0 N–H and O–H groups in total. The van der Waals surface area contributed by atoms with Crippen molar-refractivity contribution in [2.24, 2.45) is 0 Å². The second kappa shape index (κ2) is 5.72. The van der Waals surface area contributed by atoms with Crippen molar-refractivity contribution in [3.63, 3.8) is 0 Å². The van der Waals surface area contributed by atoms with Gasteiger partial charge in [-0.15, -0.1) is 0 Å². The van der Waals surface area contributed by atoms with E-state index in [1.54, 1.807) is 0 Å². The zero-order chi connectivity index (χ0) is 14.8. The van der Waals surface area contributed by atoms with Gasteiger partial charge in [0, 0.05) is 17.5 Å². The predicted octanol–water partition coefficient (Wildman–Crippen LogP) is 4.40. The summed E-state index contributed by atoms with van der Waals surface area (Å²) in [6, 6.07) is 12.2. The molecular weight excluding hydrogens is 260 g/mol. The molecule has 2 nitrogen and oxygen atoms in total. The van der Waals surface area contributed by atoms with Crippen LogP contribution in [0.3, 0.4) is 0 Å². The van der Waals surface area contributed by atoms with Gasteiger partial charge in [-0.2, -0.15) is 0 Å². The summed E-state index contributed by atoms with van der Waals surface area (Å²) in [7, 11) is 0. The van der Waals surface area contributed by atoms with E-state index in [0.717, 1.165) is 35.3 Å². The van der Waals surface area contributed by atoms with Gasteiger partial charge in [-0.1, -0.05) is 30.3 Å². The average Bonchev–Trinajstić information content (AvgIpc) is 2.49. The molecule has 2 heteroatoms. The lowest BCUT2D eigenvalue weighted by atomic mass is 9.90. The number of aryl methyl sites for hydroxylation is 2. The molecule has 21 heavy (non-hydrogen) atoms. The van der Waals surface area contributed by atoms with Crippen LogP contribution in [0.25, 0.3) is 0 Å². The molecule has 0 saturated heterocycles. The van der Waals surface area contributed by atoms with Crippen molar-refractivity contribution in [2.75, 3.05) is 0 Å². The van der Waals surface area contributed by atoms with E-state index in [0.29, 0.717) is 13.0 Å². The Hall–Kier alpha value is -2.09. The lowest BCUT2D eigenvalue weighted by Gasteiger charge is -2.18. The van der Waals surface area contributed by atoms with E-state index < -0.39 is 0 Å². The molecule has 0 aromatic heterocycles. The number of rotatable bonds is 3. The topological polar surface area (TPSA) is 26.3 Å². The number of carbonyl (C=O) groups is 1. The van der Waals surface area contributed by atoms with E-state index in [2.05, 4.69) is 32.0 Å². The molecule has 0 heterocycles. The molecule has 0 radical (unpaired) electrons. The highest BCUT2D eigenvalue weighted by Gasteiger charge is 2.20. The summed E-state index contributed by atoms with van der Waals surface area (Å²) in [4.78, 5) is 11.9. The van der Waals surface area contributed by atoms with E-state index >= 15 is 0 Å². The van der Waals surface area contributed by atoms with Crippen molar-refractivity contribution in [3.05, 3.63) is 64.2 Å². The Morgan fingerprint density at radius 3 is 2.71 bits per heavy atom. The normalized spacial score (nSPS) is 13.9. The molecule has 0 spiro atoms. The van der Waals surface area contributed by atoms with Crippen LogP contribution in [0.1, 0.15) is 45.5 Å². The molecule has 108 valence electrons. The van der Waals surface area contributed by atoms with Crippen molar-refractivity contribution in [2.45, 2.75) is 39.7 Å². The van der Waals surface area contributed by atoms with Crippen molar-refractivity contribution in [3.8, 4) is 5.75 Å². The van der Waals surface area contributed by atoms with Gasteiger partial charge in [0.15, 0.2) is 5.78 Å². The third kappa shape index (κ3) is 2.85. The first-order chi connectivity index (χ1) is 10.1. The Bertz CT molecular complexity index is 686. The van der Waals surface area contributed by atoms with Crippen LogP contribution in [-0.4, -0.2) is 5.78 Å². The van der Waals surface area contributed by atoms with E-state index in [4.69, 9.17) is 4.74 Å². The summed E-state index contributed by atoms with van der Waals surface area (Å²) in [5, 5.41) is 0. The highest BCUT2D eigenvalue weighted by molar-refractivity contribution is 5.99. The second-order valence-electron chi connectivity index (χ2n) is 5.77. The SMILES string of the molecule is Cc1ccc(COc2cccc3c2CCCC3=O)cc1C. The van der Waals surface area contributed by atoms with Gasteiger partial charge in [-0.3, -0.25) is 4.79 Å². The summed E-state index contributed by atoms with van der Waals surface area (Å²) in [5.41, 5.74) is 5.66. The lowest BCUT2D eigenvalue weighted by molar-refractivity contribution is 0.0971. The van der Waals surface area contributed by atoms with Crippen LogP contribution in [-0.2, 0) is 13.0 Å². The molecule has 2 aromatic carbocycles. The lowest BCUT2D eigenvalue weighted by Crippen LogP contribution is -2.12. The van der Waals surface area contributed by atoms with Gasteiger partial charge in [0.25, 0.3) is 0 Å². The summed E-state index contributed by atoms with van der Waals surface area (Å²) < 4.78 is 5.98. The van der Waals surface area contributed by atoms with Crippen LogP contribution >= 0.6 is 0 Å². The number of hydrogen-bond donors (Lipinski definition) is 0. The molecule has 0 unspecified atom stereocenters. The molecule has 0 amide bonds. The van der Waals surface area contributed by atoms with Crippen molar-refractivity contribution in [1.82, 2.24) is 0 Å². The largest absolute Gasteiger partial charge is 0.489 e. The minimum Gasteiger partial charge on any atom is -0.489 e. The molecule has 0 fully saturated rings. The van der Waals surface area contributed by atoms with Crippen molar-refractivity contribution in [1.29, 1.82) is 0 Å². The van der Waals surface area contributed by atoms with Crippen molar-refractivity contribution >= 4 is 5.78 Å². The Morgan fingerprint density at radius 1 is 1.05 bits per heavy atom. The highest BCUT2D eigenvalue weighted by atomic mass is 16.5. The fourth-order valence-corrected chi connectivity index (χ4v) is 2.83. The Morgan fingerprint density at radius 2 is 1.90 bits per heavy atom. The van der Waals surface area contributed by atoms with E-state index in [9.17, 15) is 4.79 Å². The van der Waals surface area contributed by atoms with Gasteiger partial charge in [0.1, 0.15) is 12.4 Å².